The Labute approximate surface area is 327 Å². The molecule has 5 amide bonds. The number of hydrogen-bond donors (Lipinski definition) is 3. The Morgan fingerprint density at radius 1 is 0.789 bits per heavy atom. The number of nitro groups is 1. The van der Waals surface area contributed by atoms with Crippen LogP contribution in [0.4, 0.5) is 11.4 Å². The minimum Gasteiger partial charge on any atom is -0.463 e. The maximum atomic E-state index is 13.1. The van der Waals surface area contributed by atoms with E-state index in [4.69, 9.17) is 9.40 Å². The topological polar surface area (TPSA) is 194 Å². The third-order valence-corrected chi connectivity index (χ3v) is 10.1. The molecule has 2 aliphatic heterocycles. The van der Waals surface area contributed by atoms with Gasteiger partial charge in [0.05, 0.1) is 28.0 Å². The zero-order valence-corrected chi connectivity index (χ0v) is 31.0. The van der Waals surface area contributed by atoms with E-state index in [0.29, 0.717) is 35.8 Å². The first-order valence-corrected chi connectivity index (χ1v) is 19.0. The summed E-state index contributed by atoms with van der Waals surface area (Å²) in [5.74, 6) is -1.65. The molecule has 2 aliphatic rings. The molecule has 0 spiro atoms. The number of anilines is 1. The van der Waals surface area contributed by atoms with E-state index in [1.807, 2.05) is 30.3 Å². The summed E-state index contributed by atoms with van der Waals surface area (Å²) in [4.78, 5) is 79.1. The number of hydrogen-bond acceptors (Lipinski definition) is 10. The number of carbonyl (C=O) groups excluding carboxylic acids is 5. The molecule has 2 aromatic heterocycles. The van der Waals surface area contributed by atoms with Crippen molar-refractivity contribution in [1.82, 2.24) is 20.5 Å². The van der Waals surface area contributed by atoms with E-state index in [1.54, 1.807) is 54.8 Å². The third-order valence-electron chi connectivity index (χ3n) is 10.1. The molecular formula is C43H40N6O8. The number of piperidine rings is 1. The van der Waals surface area contributed by atoms with Crippen LogP contribution in [-0.2, 0) is 9.59 Å². The first-order valence-electron chi connectivity index (χ1n) is 19.0. The molecule has 0 saturated carbocycles. The van der Waals surface area contributed by atoms with Crippen LogP contribution in [0, 0.1) is 10.1 Å². The summed E-state index contributed by atoms with van der Waals surface area (Å²) >= 11 is 0. The maximum Gasteiger partial charge on any atom is 0.269 e. The number of carbonyl (C=O) groups is 5. The van der Waals surface area contributed by atoms with Crippen LogP contribution in [-0.4, -0.2) is 63.5 Å². The Morgan fingerprint density at radius 3 is 2.18 bits per heavy atom. The first kappa shape index (κ1) is 38.3. The normalized spacial score (nSPS) is 15.0. The smallest absolute Gasteiger partial charge is 0.269 e. The molecule has 290 valence electrons. The minimum atomic E-state index is -0.988. The van der Waals surface area contributed by atoms with Crippen molar-refractivity contribution in [1.29, 1.82) is 0 Å². The second kappa shape index (κ2) is 17.2. The van der Waals surface area contributed by atoms with Gasteiger partial charge in [0.1, 0.15) is 11.7 Å². The van der Waals surface area contributed by atoms with Crippen molar-refractivity contribution in [2.24, 2.45) is 0 Å². The van der Waals surface area contributed by atoms with Gasteiger partial charge in [0, 0.05) is 48.5 Å². The van der Waals surface area contributed by atoms with Gasteiger partial charge in [-0.15, -0.1) is 0 Å². The fraction of sp³-hybridized carbons (Fsp3) is 0.256. The summed E-state index contributed by atoms with van der Waals surface area (Å²) in [6, 6.07) is 25.0. The summed E-state index contributed by atoms with van der Waals surface area (Å²) in [5.41, 5.74) is 5.45. The van der Waals surface area contributed by atoms with E-state index in [9.17, 15) is 34.1 Å². The van der Waals surface area contributed by atoms with E-state index in [-0.39, 0.29) is 35.6 Å². The second-order valence-corrected chi connectivity index (χ2v) is 14.0. The molecule has 0 bridgehead atoms. The van der Waals surface area contributed by atoms with E-state index in [2.05, 4.69) is 16.0 Å². The fourth-order valence-electron chi connectivity index (χ4n) is 7.04. The third kappa shape index (κ3) is 8.80. The highest BCUT2D eigenvalue weighted by molar-refractivity contribution is 6.23. The molecular weight excluding hydrogens is 729 g/mol. The SMILES string of the molecule is O=C1CCC(N2C(=O)c3ccc(NCCCCCCCCNC(=O)c4ccc(-c5cc(-c6ccc([N+](=O)[O-])cc6)nc(-c6ccco6)c5)cc4)cc3C2=O)C(=O)N1. The van der Waals surface area contributed by atoms with Gasteiger partial charge in [-0.3, -0.25) is 44.3 Å². The molecule has 1 saturated heterocycles. The lowest BCUT2D eigenvalue weighted by Crippen LogP contribution is -2.54. The lowest BCUT2D eigenvalue weighted by Gasteiger charge is -2.27. The molecule has 1 fully saturated rings. The molecule has 3 aromatic carbocycles. The molecule has 4 heterocycles. The highest BCUT2D eigenvalue weighted by Gasteiger charge is 2.44. The van der Waals surface area contributed by atoms with Crippen molar-refractivity contribution in [3.05, 3.63) is 124 Å². The first-order chi connectivity index (χ1) is 27.7. The number of benzene rings is 3. The predicted molar refractivity (Wildman–Crippen MR) is 211 cm³/mol. The van der Waals surface area contributed by atoms with Crippen molar-refractivity contribution in [3.63, 3.8) is 0 Å². The highest BCUT2D eigenvalue weighted by atomic mass is 16.6. The monoisotopic (exact) mass is 768 g/mol. The lowest BCUT2D eigenvalue weighted by atomic mass is 10.00. The average molecular weight is 769 g/mol. The van der Waals surface area contributed by atoms with Gasteiger partial charge in [-0.2, -0.15) is 0 Å². The fourth-order valence-corrected chi connectivity index (χ4v) is 7.04. The lowest BCUT2D eigenvalue weighted by molar-refractivity contribution is -0.384. The summed E-state index contributed by atoms with van der Waals surface area (Å²) in [6.45, 7) is 1.26. The highest BCUT2D eigenvalue weighted by Crippen LogP contribution is 2.32. The Hall–Kier alpha value is -6.96. The number of aromatic nitrogens is 1. The van der Waals surface area contributed by atoms with Crippen LogP contribution in [0.3, 0.4) is 0 Å². The molecule has 5 aromatic rings. The van der Waals surface area contributed by atoms with E-state index in [1.165, 1.54) is 12.1 Å². The number of imide groups is 2. The number of nitro benzene ring substituents is 1. The number of nitrogens with zero attached hydrogens (tertiary/aromatic N) is 3. The van der Waals surface area contributed by atoms with Crippen LogP contribution < -0.4 is 16.0 Å². The van der Waals surface area contributed by atoms with Crippen molar-refractivity contribution in [2.45, 2.75) is 57.4 Å². The number of unbranched alkanes of at least 4 members (excludes halogenated alkanes) is 5. The van der Waals surface area contributed by atoms with Crippen LogP contribution in [0.15, 0.2) is 102 Å². The van der Waals surface area contributed by atoms with Gasteiger partial charge in [0.15, 0.2) is 5.76 Å². The zero-order chi connectivity index (χ0) is 39.9. The van der Waals surface area contributed by atoms with Crippen molar-refractivity contribution in [2.75, 3.05) is 18.4 Å². The molecule has 0 aliphatic carbocycles. The van der Waals surface area contributed by atoms with Crippen LogP contribution in [0.25, 0.3) is 33.8 Å². The minimum absolute atomic E-state index is 0.00355. The molecule has 0 radical (unpaired) electrons. The van der Waals surface area contributed by atoms with E-state index in [0.717, 1.165) is 65.8 Å². The number of non-ortho nitro benzene ring substituents is 1. The quantitative estimate of drug-likeness (QED) is 0.0401. The summed E-state index contributed by atoms with van der Waals surface area (Å²) in [7, 11) is 0. The number of rotatable bonds is 16. The van der Waals surface area contributed by atoms with Gasteiger partial charge in [-0.25, -0.2) is 4.98 Å². The number of nitrogens with one attached hydrogen (secondary N) is 3. The predicted octanol–water partition coefficient (Wildman–Crippen LogP) is 7.17. The van der Waals surface area contributed by atoms with Gasteiger partial charge in [-0.05, 0) is 97.1 Å². The largest absolute Gasteiger partial charge is 0.463 e. The average Bonchev–Trinajstić information content (AvgIpc) is 3.85. The molecule has 14 heteroatoms. The Kier molecular flexibility index (Phi) is 11.6. The van der Waals surface area contributed by atoms with E-state index < -0.39 is 34.6 Å². The van der Waals surface area contributed by atoms with Gasteiger partial charge in [0.25, 0.3) is 23.4 Å². The molecule has 3 N–H and O–H groups in total. The standard InChI is InChI=1S/C43H40N6O8/c50-39-20-19-37(41(52)47-39)48-42(53)33-18-15-31(26-34(33)43(48)54)44-21-5-3-1-2-4-6-22-45-40(51)29-11-9-27(10-12-29)30-24-35(28-13-16-32(17-14-28)49(55)56)46-36(25-30)38-8-7-23-57-38/h7-18,23-26,37,44H,1-6,19-22H2,(H,45,51)(H,47,50,52). The summed E-state index contributed by atoms with van der Waals surface area (Å²) in [6.07, 6.45) is 7.60. The molecule has 14 nitrogen and oxygen atoms in total. The van der Waals surface area contributed by atoms with E-state index >= 15 is 0 Å². The Balaban J connectivity index is 0.822. The van der Waals surface area contributed by atoms with Gasteiger partial charge in [-0.1, -0.05) is 37.8 Å². The van der Waals surface area contributed by atoms with Crippen LogP contribution in [0.5, 0.6) is 0 Å². The van der Waals surface area contributed by atoms with Crippen molar-refractivity contribution in [3.8, 4) is 33.8 Å². The number of furan rings is 1. The van der Waals surface area contributed by atoms with Gasteiger partial charge >= 0.3 is 0 Å². The zero-order valence-electron chi connectivity index (χ0n) is 31.0. The van der Waals surface area contributed by atoms with Crippen molar-refractivity contribution < 1.29 is 33.3 Å². The second-order valence-electron chi connectivity index (χ2n) is 14.0. The number of pyridine rings is 1. The molecule has 57 heavy (non-hydrogen) atoms. The molecule has 7 rings (SSSR count). The van der Waals surface area contributed by atoms with Gasteiger partial charge < -0.3 is 15.1 Å². The van der Waals surface area contributed by atoms with Crippen molar-refractivity contribution >= 4 is 40.9 Å². The number of fused-ring (bicyclic) bond motifs is 1. The number of amides is 5. The maximum absolute atomic E-state index is 13.1. The van der Waals surface area contributed by atoms with Crippen LogP contribution in [0.2, 0.25) is 0 Å². The molecule has 1 atom stereocenters. The van der Waals surface area contributed by atoms with Crippen LogP contribution in [0.1, 0.15) is 82.4 Å². The summed E-state index contributed by atoms with van der Waals surface area (Å²) < 4.78 is 5.60. The molecule has 1 unspecified atom stereocenters. The Bertz CT molecular complexity index is 2320. The van der Waals surface area contributed by atoms with Gasteiger partial charge in [0.2, 0.25) is 11.8 Å². The summed E-state index contributed by atoms with van der Waals surface area (Å²) in [5, 5.41) is 19.7. The Morgan fingerprint density at radius 2 is 1.47 bits per heavy atom. The van der Waals surface area contributed by atoms with Crippen LogP contribution >= 0.6 is 0 Å².